The number of hydrogen-bond donors (Lipinski definition) is 0. The van der Waals surface area contributed by atoms with Gasteiger partial charge in [0.2, 0.25) is 0 Å². The van der Waals surface area contributed by atoms with Crippen LogP contribution in [0.4, 0.5) is 0 Å². The molecule has 0 saturated carbocycles. The first-order valence-corrected chi connectivity index (χ1v) is 6.65. The van der Waals surface area contributed by atoms with Gasteiger partial charge in [0.15, 0.2) is 0 Å². The van der Waals surface area contributed by atoms with Gasteiger partial charge in [-0.15, -0.1) is 0 Å². The fraction of sp³-hybridized carbons (Fsp3) is 1.00. The Morgan fingerprint density at radius 3 is 2.17 bits per heavy atom. The van der Waals surface area contributed by atoms with Crippen LogP contribution in [0.25, 0.3) is 0 Å². The molecule has 0 aromatic heterocycles. The molecule has 0 aliphatic rings. The van der Waals surface area contributed by atoms with Gasteiger partial charge in [0.25, 0.3) is 0 Å². The van der Waals surface area contributed by atoms with Crippen molar-refractivity contribution in [3.05, 3.63) is 0 Å². The maximum Gasteiger partial charge on any atom is 1.00 e. The van der Waals surface area contributed by atoms with Crippen LogP contribution in [0.1, 0.15) is 0 Å². The van der Waals surface area contributed by atoms with Crippen molar-refractivity contribution >= 4 is 41.4 Å². The Morgan fingerprint density at radius 1 is 1.50 bits per heavy atom. The maximum atomic E-state index is 10.2. The molecule has 0 unspecified atom stereocenters. The molecule has 10 heteroatoms. The fourth-order valence-corrected chi connectivity index (χ4v) is 1.22. The summed E-state index contributed by atoms with van der Waals surface area (Å²) in [7, 11) is -5.27. The Hall–Kier alpha value is 3.27. The molecule has 0 bridgehead atoms. The molecule has 0 saturated heterocycles. The predicted molar refractivity (Wildman–Crippen MR) is 42.5 cm³/mol. The molecule has 0 aromatic rings. The zero-order chi connectivity index (χ0) is 8.20. The molecule has 0 atom stereocenters. The summed E-state index contributed by atoms with van der Waals surface area (Å²) in [5, 5.41) is 0. The summed E-state index contributed by atoms with van der Waals surface area (Å²) in [5.41, 5.74) is 0. The summed E-state index contributed by atoms with van der Waals surface area (Å²) >= 11 is 8.08. The Kier molecular flexibility index (Phi) is 18.5. The second kappa shape index (κ2) is 10.8. The minimum atomic E-state index is -3.44. The molecule has 0 aliphatic carbocycles. The molecule has 62 valence electrons. The minimum Gasteiger partial charge on any atom is -0.649 e. The van der Waals surface area contributed by atoms with Gasteiger partial charge in [-0.25, -0.2) is 11.2 Å². The van der Waals surface area contributed by atoms with Crippen LogP contribution in [-0.4, -0.2) is 20.8 Å². The third-order valence-corrected chi connectivity index (χ3v) is 2.33. The van der Waals surface area contributed by atoms with E-state index in [0.29, 0.717) is 0 Å². The molecule has 0 amide bonds. The Balaban J connectivity index is -0.000000405. The predicted octanol–water partition coefficient (Wildman–Crippen LogP) is -6.77. The van der Waals surface area contributed by atoms with Gasteiger partial charge in [0, 0.05) is 21.2 Å². The SMILES string of the molecule is O=[S-](=S)OCCS(=O)(=O)[S-].[K+].[Na+]. The zero-order valence-corrected chi connectivity index (χ0v) is 15.1. The van der Waals surface area contributed by atoms with E-state index >= 15 is 0 Å². The molecule has 0 aliphatic heterocycles. The van der Waals surface area contributed by atoms with E-state index < -0.39 is 18.5 Å². The van der Waals surface area contributed by atoms with Gasteiger partial charge in [-0.2, -0.15) is 0 Å². The van der Waals surface area contributed by atoms with Crippen molar-refractivity contribution in [2.24, 2.45) is 0 Å². The summed E-state index contributed by atoms with van der Waals surface area (Å²) < 4.78 is 34.7. The first-order valence-electron chi connectivity index (χ1n) is 2.08. The van der Waals surface area contributed by atoms with Crippen LogP contribution >= 0.6 is 0 Å². The third kappa shape index (κ3) is 18.9. The molecular weight excluding hydrogens is 278 g/mol. The van der Waals surface area contributed by atoms with Crippen LogP contribution in [0.2, 0.25) is 0 Å². The quantitative estimate of drug-likeness (QED) is 0.290. The topological polar surface area (TPSA) is 60.4 Å². The molecule has 0 aromatic carbocycles. The van der Waals surface area contributed by atoms with Crippen LogP contribution < -0.4 is 80.9 Å². The minimum absolute atomic E-state index is 0. The van der Waals surface area contributed by atoms with Crippen LogP contribution in [0, 0.1) is 0 Å². The van der Waals surface area contributed by atoms with Crippen molar-refractivity contribution < 1.29 is 97.8 Å². The summed E-state index contributed by atoms with van der Waals surface area (Å²) in [6, 6.07) is 0. The first-order chi connectivity index (χ1) is 4.42. The Bertz CT molecular complexity index is 250. The van der Waals surface area contributed by atoms with Crippen molar-refractivity contribution in [2.75, 3.05) is 12.4 Å². The Morgan fingerprint density at radius 2 is 1.92 bits per heavy atom. The van der Waals surface area contributed by atoms with Crippen LogP contribution in [0.3, 0.4) is 0 Å². The summed E-state index contributed by atoms with van der Waals surface area (Å²) in [5.74, 6) is -0.329. The molecule has 0 fully saturated rings. The number of hydrogen-bond acceptors (Lipinski definition) is 7. The van der Waals surface area contributed by atoms with Crippen LogP contribution in [-0.2, 0) is 49.7 Å². The van der Waals surface area contributed by atoms with Crippen molar-refractivity contribution in [1.29, 1.82) is 0 Å². The van der Waals surface area contributed by atoms with Gasteiger partial charge in [-0.05, 0) is 0 Å². The van der Waals surface area contributed by atoms with Gasteiger partial charge >= 0.3 is 80.9 Å². The monoisotopic (exact) mass is 282 g/mol. The van der Waals surface area contributed by atoms with E-state index in [1.54, 1.807) is 0 Å². The smallest absolute Gasteiger partial charge is 0.649 e. The van der Waals surface area contributed by atoms with Crippen molar-refractivity contribution in [3.63, 3.8) is 0 Å². The van der Waals surface area contributed by atoms with Crippen LogP contribution in [0.5, 0.6) is 0 Å². The van der Waals surface area contributed by atoms with Gasteiger partial charge in [0.05, 0.1) is 0 Å². The van der Waals surface area contributed by atoms with E-state index in [-0.39, 0.29) is 93.3 Å². The Labute approximate surface area is 148 Å². The second-order valence-corrected chi connectivity index (χ2v) is 5.80. The first kappa shape index (κ1) is 20.7. The number of rotatable bonds is 4. The van der Waals surface area contributed by atoms with Crippen molar-refractivity contribution in [3.8, 4) is 0 Å². The summed E-state index contributed by atoms with van der Waals surface area (Å²) in [4.78, 5) is 0. The molecule has 0 heterocycles. The molecule has 4 nitrogen and oxygen atoms in total. The van der Waals surface area contributed by atoms with E-state index in [2.05, 4.69) is 27.0 Å². The van der Waals surface area contributed by atoms with Gasteiger partial charge < -0.3 is 20.1 Å². The van der Waals surface area contributed by atoms with Crippen LogP contribution in [0.15, 0.2) is 0 Å². The van der Waals surface area contributed by atoms with E-state index in [1.807, 2.05) is 0 Å². The molecule has 12 heavy (non-hydrogen) atoms. The van der Waals surface area contributed by atoms with E-state index in [4.69, 9.17) is 0 Å². The molecular formula is C2H4KNaO4S4. The second-order valence-electron chi connectivity index (χ2n) is 1.29. The molecule has 0 radical (unpaired) electrons. The zero-order valence-electron chi connectivity index (χ0n) is 6.68. The summed E-state index contributed by atoms with van der Waals surface area (Å²) in [6.07, 6.45) is 0. The third-order valence-electron chi connectivity index (χ3n) is 0.513. The van der Waals surface area contributed by atoms with E-state index in [0.717, 1.165) is 0 Å². The van der Waals surface area contributed by atoms with Crippen molar-refractivity contribution in [1.82, 2.24) is 0 Å². The molecule has 0 rings (SSSR count). The maximum absolute atomic E-state index is 10.2. The van der Waals surface area contributed by atoms with Gasteiger partial charge in [0.1, 0.15) is 0 Å². The fourth-order valence-electron chi connectivity index (χ4n) is 0.204. The van der Waals surface area contributed by atoms with E-state index in [1.165, 1.54) is 0 Å². The van der Waals surface area contributed by atoms with E-state index in [9.17, 15) is 12.6 Å². The average Bonchev–Trinajstić information content (AvgIpc) is 1.59. The standard InChI is InChI=1S/C2H5O4S4.K.Na/c3-9(7)6-1-2-10(4,5)8;;/h1-2H2,(H,4,5,8);;/q-1;2*+1/p-1. The van der Waals surface area contributed by atoms with Gasteiger partial charge in [-0.3, -0.25) is 8.42 Å². The van der Waals surface area contributed by atoms with Gasteiger partial charge in [-0.1, -0.05) is 9.64 Å². The average molecular weight is 282 g/mol. The largest absolute Gasteiger partial charge is 1.00 e. The summed E-state index contributed by atoms with van der Waals surface area (Å²) in [6.45, 7) is -0.206. The molecule has 0 N–H and O–H groups in total. The normalized spacial score (nSPS) is 10.2. The van der Waals surface area contributed by atoms with Crippen molar-refractivity contribution in [2.45, 2.75) is 0 Å². The molecule has 0 spiro atoms.